The molecule has 0 aliphatic heterocycles. The van der Waals surface area contributed by atoms with Crippen molar-refractivity contribution in [1.82, 2.24) is 10.2 Å². The van der Waals surface area contributed by atoms with Gasteiger partial charge in [0.2, 0.25) is 0 Å². The summed E-state index contributed by atoms with van der Waals surface area (Å²) in [5.74, 6) is 0. The highest BCUT2D eigenvalue weighted by Crippen LogP contribution is 2.20. The zero-order chi connectivity index (χ0) is 12.0. The van der Waals surface area contributed by atoms with Gasteiger partial charge in [-0.05, 0) is 37.4 Å². The largest absolute Gasteiger partial charge is 0.316 e. The van der Waals surface area contributed by atoms with Crippen molar-refractivity contribution >= 4 is 27.5 Å². The van der Waals surface area contributed by atoms with Gasteiger partial charge in [0.25, 0.3) is 0 Å². The zero-order valence-corrected chi connectivity index (χ0v) is 12.1. The van der Waals surface area contributed by atoms with Gasteiger partial charge in [0, 0.05) is 29.1 Å². The van der Waals surface area contributed by atoms with Gasteiger partial charge >= 0.3 is 0 Å². The predicted octanol–water partition coefficient (Wildman–Crippen LogP) is 3.14. The Morgan fingerprint density at radius 2 is 2.12 bits per heavy atom. The fourth-order valence-electron chi connectivity index (χ4n) is 1.54. The third-order valence-corrected chi connectivity index (χ3v) is 2.97. The predicted molar refractivity (Wildman–Crippen MR) is 74.0 cm³/mol. The van der Waals surface area contributed by atoms with E-state index in [1.165, 1.54) is 5.56 Å². The second-order valence-electron chi connectivity index (χ2n) is 3.87. The van der Waals surface area contributed by atoms with Gasteiger partial charge in [-0.3, -0.25) is 0 Å². The van der Waals surface area contributed by atoms with E-state index in [0.717, 1.165) is 35.7 Å². The van der Waals surface area contributed by atoms with Gasteiger partial charge < -0.3 is 10.2 Å². The van der Waals surface area contributed by atoms with Crippen molar-refractivity contribution < 1.29 is 0 Å². The molecule has 0 aromatic heterocycles. The Morgan fingerprint density at radius 3 is 2.75 bits per heavy atom. The van der Waals surface area contributed by atoms with Crippen LogP contribution in [0.15, 0.2) is 22.7 Å². The third kappa shape index (κ3) is 5.30. The second kappa shape index (κ2) is 7.28. The van der Waals surface area contributed by atoms with E-state index in [1.54, 1.807) is 0 Å². The summed E-state index contributed by atoms with van der Waals surface area (Å²) < 4.78 is 1.04. The Morgan fingerprint density at radius 1 is 1.38 bits per heavy atom. The van der Waals surface area contributed by atoms with Crippen LogP contribution >= 0.6 is 27.5 Å². The molecular weight excluding hydrogens is 288 g/mol. The summed E-state index contributed by atoms with van der Waals surface area (Å²) in [7, 11) is 2.12. The van der Waals surface area contributed by atoms with E-state index in [0.29, 0.717) is 0 Å². The highest BCUT2D eigenvalue weighted by molar-refractivity contribution is 9.10. The van der Waals surface area contributed by atoms with Crippen LogP contribution in [0.3, 0.4) is 0 Å². The molecule has 0 saturated heterocycles. The Hall–Kier alpha value is -0.0900. The van der Waals surface area contributed by atoms with Gasteiger partial charge in [-0.1, -0.05) is 34.5 Å². The van der Waals surface area contributed by atoms with Crippen LogP contribution in [-0.4, -0.2) is 31.6 Å². The lowest BCUT2D eigenvalue weighted by Crippen LogP contribution is -2.28. The van der Waals surface area contributed by atoms with Gasteiger partial charge in [-0.2, -0.15) is 0 Å². The first-order chi connectivity index (χ1) is 7.61. The summed E-state index contributed by atoms with van der Waals surface area (Å²) >= 11 is 9.45. The number of benzene rings is 1. The summed E-state index contributed by atoms with van der Waals surface area (Å²) in [6.07, 6.45) is 0. The summed E-state index contributed by atoms with van der Waals surface area (Å²) in [4.78, 5) is 2.28. The minimum atomic E-state index is 0.782. The fourth-order valence-corrected chi connectivity index (χ4v) is 2.47. The lowest BCUT2D eigenvalue weighted by molar-refractivity contribution is 0.325. The lowest BCUT2D eigenvalue weighted by atomic mass is 10.2. The summed E-state index contributed by atoms with van der Waals surface area (Å²) in [5, 5.41) is 4.09. The SMILES string of the molecule is CCNCCN(C)Cc1cc(Cl)cc(Br)c1. The molecule has 0 fully saturated rings. The van der Waals surface area contributed by atoms with Gasteiger partial charge in [0.05, 0.1) is 0 Å². The van der Waals surface area contributed by atoms with Gasteiger partial charge in [-0.15, -0.1) is 0 Å². The van der Waals surface area contributed by atoms with Crippen molar-refractivity contribution in [2.45, 2.75) is 13.5 Å². The molecule has 0 radical (unpaired) electrons. The Labute approximate surface area is 111 Å². The van der Waals surface area contributed by atoms with Crippen LogP contribution in [-0.2, 0) is 6.54 Å². The molecule has 16 heavy (non-hydrogen) atoms. The normalized spacial score (nSPS) is 11.1. The molecule has 90 valence electrons. The molecule has 4 heteroatoms. The third-order valence-electron chi connectivity index (χ3n) is 2.30. The van der Waals surface area contributed by atoms with Crippen molar-refractivity contribution in [2.24, 2.45) is 0 Å². The molecule has 0 atom stereocenters. The lowest BCUT2D eigenvalue weighted by Gasteiger charge is -2.17. The molecule has 1 aromatic carbocycles. The molecule has 0 saturated carbocycles. The fraction of sp³-hybridized carbons (Fsp3) is 0.500. The molecule has 1 aromatic rings. The molecule has 0 aliphatic rings. The van der Waals surface area contributed by atoms with Crippen molar-refractivity contribution in [3.8, 4) is 0 Å². The number of likely N-dealkylation sites (N-methyl/N-ethyl adjacent to an activating group) is 2. The summed E-state index contributed by atoms with van der Waals surface area (Å²) in [6.45, 7) is 6.13. The smallest absolute Gasteiger partial charge is 0.0420 e. The molecule has 0 bridgehead atoms. The van der Waals surface area contributed by atoms with Crippen molar-refractivity contribution in [2.75, 3.05) is 26.7 Å². The van der Waals surface area contributed by atoms with Crippen LogP contribution in [0.2, 0.25) is 5.02 Å². The molecule has 0 amide bonds. The minimum Gasteiger partial charge on any atom is -0.316 e. The minimum absolute atomic E-state index is 0.782. The molecular formula is C12H18BrClN2. The van der Waals surface area contributed by atoms with Crippen LogP contribution < -0.4 is 5.32 Å². The van der Waals surface area contributed by atoms with E-state index in [9.17, 15) is 0 Å². The standard InChI is InChI=1S/C12H18BrClN2/c1-3-15-4-5-16(2)9-10-6-11(13)8-12(14)7-10/h6-8,15H,3-5,9H2,1-2H3. The van der Waals surface area contributed by atoms with Crippen molar-refractivity contribution in [3.05, 3.63) is 33.3 Å². The molecule has 2 nitrogen and oxygen atoms in total. The molecule has 0 unspecified atom stereocenters. The Kier molecular flexibility index (Phi) is 6.36. The number of halogens is 2. The van der Waals surface area contributed by atoms with E-state index in [1.807, 2.05) is 12.1 Å². The van der Waals surface area contributed by atoms with Crippen LogP contribution in [0.25, 0.3) is 0 Å². The maximum atomic E-state index is 6.00. The summed E-state index contributed by atoms with van der Waals surface area (Å²) in [5.41, 5.74) is 1.23. The number of hydrogen-bond acceptors (Lipinski definition) is 2. The van der Waals surface area contributed by atoms with Gasteiger partial charge in [0.1, 0.15) is 0 Å². The average Bonchev–Trinajstić information content (AvgIpc) is 2.16. The number of hydrogen-bond donors (Lipinski definition) is 1. The zero-order valence-electron chi connectivity index (χ0n) is 9.76. The van der Waals surface area contributed by atoms with E-state index in [2.05, 4.69) is 46.2 Å². The Balaban J connectivity index is 2.45. The second-order valence-corrected chi connectivity index (χ2v) is 5.22. The maximum Gasteiger partial charge on any atom is 0.0420 e. The first-order valence-electron chi connectivity index (χ1n) is 5.46. The first kappa shape index (κ1) is 14.0. The Bertz CT molecular complexity index is 311. The van der Waals surface area contributed by atoms with E-state index in [4.69, 9.17) is 11.6 Å². The van der Waals surface area contributed by atoms with Crippen LogP contribution in [0, 0.1) is 0 Å². The van der Waals surface area contributed by atoms with Crippen molar-refractivity contribution in [3.63, 3.8) is 0 Å². The molecule has 0 aliphatic carbocycles. The van der Waals surface area contributed by atoms with Gasteiger partial charge in [0.15, 0.2) is 0 Å². The van der Waals surface area contributed by atoms with Gasteiger partial charge in [-0.25, -0.2) is 0 Å². The molecule has 0 spiro atoms. The van der Waals surface area contributed by atoms with E-state index in [-0.39, 0.29) is 0 Å². The monoisotopic (exact) mass is 304 g/mol. The average molecular weight is 306 g/mol. The first-order valence-corrected chi connectivity index (χ1v) is 6.63. The van der Waals surface area contributed by atoms with E-state index < -0.39 is 0 Å². The van der Waals surface area contributed by atoms with Crippen LogP contribution in [0.4, 0.5) is 0 Å². The molecule has 1 rings (SSSR count). The molecule has 1 N–H and O–H groups in total. The van der Waals surface area contributed by atoms with E-state index >= 15 is 0 Å². The topological polar surface area (TPSA) is 15.3 Å². The highest BCUT2D eigenvalue weighted by atomic mass is 79.9. The number of rotatable bonds is 6. The number of nitrogens with zero attached hydrogens (tertiary/aromatic N) is 1. The van der Waals surface area contributed by atoms with Crippen molar-refractivity contribution in [1.29, 1.82) is 0 Å². The molecule has 0 heterocycles. The highest BCUT2D eigenvalue weighted by Gasteiger charge is 2.02. The maximum absolute atomic E-state index is 6.00. The summed E-state index contributed by atoms with van der Waals surface area (Å²) in [6, 6.07) is 6.02. The number of nitrogens with one attached hydrogen (secondary N) is 1. The quantitative estimate of drug-likeness (QED) is 0.812. The van der Waals surface area contributed by atoms with Crippen LogP contribution in [0.1, 0.15) is 12.5 Å². The van der Waals surface area contributed by atoms with Crippen LogP contribution in [0.5, 0.6) is 0 Å².